The summed E-state index contributed by atoms with van der Waals surface area (Å²) < 4.78 is 49.5. The van der Waals surface area contributed by atoms with E-state index in [1.54, 1.807) is 7.11 Å². The van der Waals surface area contributed by atoms with E-state index in [1.807, 2.05) is 12.1 Å². The Morgan fingerprint density at radius 1 is 1.16 bits per heavy atom. The van der Waals surface area contributed by atoms with Crippen molar-refractivity contribution in [1.82, 2.24) is 14.9 Å². The highest BCUT2D eigenvalue weighted by Crippen LogP contribution is 2.40. The Morgan fingerprint density at radius 3 is 2.68 bits per heavy atom. The van der Waals surface area contributed by atoms with E-state index in [9.17, 15) is 22.8 Å². The van der Waals surface area contributed by atoms with Gasteiger partial charge in [-0.2, -0.15) is 18.2 Å². The second kappa shape index (κ2) is 10.8. The van der Waals surface area contributed by atoms with Crippen LogP contribution in [-0.2, 0) is 27.3 Å². The normalized spacial score (nSPS) is 19.7. The Bertz CT molecular complexity index is 1220. The first-order chi connectivity index (χ1) is 18.2. The predicted molar refractivity (Wildman–Crippen MR) is 132 cm³/mol. The van der Waals surface area contributed by atoms with Crippen molar-refractivity contribution in [3.8, 4) is 11.5 Å². The lowest BCUT2D eigenvalue weighted by Crippen LogP contribution is -2.36. The maximum atomic E-state index is 12.6. The first-order valence-corrected chi connectivity index (χ1v) is 13.0. The lowest BCUT2D eigenvalue weighted by Gasteiger charge is -2.21. The molecule has 0 bridgehead atoms. The van der Waals surface area contributed by atoms with Crippen molar-refractivity contribution in [1.29, 1.82) is 0 Å². The first-order valence-electron chi connectivity index (χ1n) is 13.0. The topological polar surface area (TPSA) is 93.2 Å². The molecule has 1 aromatic carbocycles. The predicted octanol–water partition coefficient (Wildman–Crippen LogP) is 3.63. The minimum absolute atomic E-state index is 0.112. The largest absolute Gasteiger partial charge is 0.493 e. The third-order valence-electron chi connectivity index (χ3n) is 7.23. The Labute approximate surface area is 218 Å². The number of pyridine rings is 1. The summed E-state index contributed by atoms with van der Waals surface area (Å²) >= 11 is 0. The number of nitrogens with zero attached hydrogens (tertiary/aromatic N) is 3. The van der Waals surface area contributed by atoms with Crippen LogP contribution in [0.4, 0.5) is 18.9 Å². The molecule has 38 heavy (non-hydrogen) atoms. The molecular weight excluding hydrogens is 505 g/mol. The number of ether oxygens (including phenoxy) is 2. The molecule has 1 unspecified atom stereocenters. The molecule has 5 rings (SSSR count). The van der Waals surface area contributed by atoms with Crippen LogP contribution in [0.2, 0.25) is 0 Å². The third-order valence-corrected chi connectivity index (χ3v) is 7.23. The molecule has 1 N–H and O–H groups in total. The van der Waals surface area contributed by atoms with Gasteiger partial charge in [0.2, 0.25) is 0 Å². The second-order valence-corrected chi connectivity index (χ2v) is 9.91. The fraction of sp³-hybridized carbons (Fsp3) is 0.577. The number of carbonyl (C=O) groups is 2. The number of fused-ring (bicyclic) bond motifs is 2. The number of methoxy groups -OCH3 is 1. The summed E-state index contributed by atoms with van der Waals surface area (Å²) in [6.07, 6.45) is 0.606. The van der Waals surface area contributed by atoms with Gasteiger partial charge in [0.1, 0.15) is 0 Å². The van der Waals surface area contributed by atoms with Crippen LogP contribution >= 0.6 is 0 Å². The van der Waals surface area contributed by atoms with Gasteiger partial charge in [-0.05, 0) is 63.2 Å². The molecule has 3 aliphatic rings. The summed E-state index contributed by atoms with van der Waals surface area (Å²) in [6.45, 7) is 3.61. The van der Waals surface area contributed by atoms with E-state index >= 15 is 0 Å². The number of anilines is 1. The third kappa shape index (κ3) is 5.59. The molecule has 1 aliphatic carbocycles. The van der Waals surface area contributed by atoms with Gasteiger partial charge >= 0.3 is 12.1 Å². The Balaban J connectivity index is 1.35. The monoisotopic (exact) mass is 536 g/mol. The standard InChI is InChI=1S/C26H31F3N4O5/c1-36-21-13-18-20(14-22(21)37-11-5-10-32-8-2-3-9-32)31-19-7-4-6-17(19)24(18)30-16-12-23(34)33(15-16)38-25(35)26(27,28)29/h13-14,16H,2-12,15H2,1H3,(H,30,31). The SMILES string of the molecule is COc1cc2c(NC3CC(=O)N(OC(=O)C(F)(F)F)C3)c3c(nc2cc1OCCCN1CCCC1)CCC3. The molecule has 2 saturated heterocycles. The number of alkyl halides is 3. The van der Waals surface area contributed by atoms with Crippen molar-refractivity contribution in [2.45, 2.75) is 57.2 Å². The van der Waals surface area contributed by atoms with Crippen LogP contribution in [0.3, 0.4) is 0 Å². The Morgan fingerprint density at radius 2 is 1.95 bits per heavy atom. The summed E-state index contributed by atoms with van der Waals surface area (Å²) in [5, 5.41) is 4.58. The molecule has 12 heteroatoms. The van der Waals surface area contributed by atoms with Gasteiger partial charge in [0, 0.05) is 29.4 Å². The van der Waals surface area contributed by atoms with Crippen molar-refractivity contribution >= 4 is 28.5 Å². The molecule has 9 nitrogen and oxygen atoms in total. The highest BCUT2D eigenvalue weighted by Gasteiger charge is 2.45. The van der Waals surface area contributed by atoms with Gasteiger partial charge < -0.3 is 24.5 Å². The molecule has 2 aromatic rings. The van der Waals surface area contributed by atoms with Crippen molar-refractivity contribution < 1.29 is 37.1 Å². The molecular formula is C26H31F3N4O5. The van der Waals surface area contributed by atoms with E-state index in [2.05, 4.69) is 15.1 Å². The first kappa shape index (κ1) is 26.3. The van der Waals surface area contributed by atoms with E-state index < -0.39 is 24.1 Å². The number of amides is 1. The maximum Gasteiger partial charge on any atom is 0.493 e. The number of hydroxylamine groups is 2. The van der Waals surface area contributed by atoms with Gasteiger partial charge in [-0.3, -0.25) is 9.78 Å². The molecule has 3 heterocycles. The average Bonchev–Trinajstić information content (AvgIpc) is 3.63. The number of hydrogen-bond donors (Lipinski definition) is 1. The molecule has 1 amide bonds. The highest BCUT2D eigenvalue weighted by molar-refractivity contribution is 5.96. The Kier molecular flexibility index (Phi) is 7.51. The van der Waals surface area contributed by atoms with Crippen LogP contribution in [0.5, 0.6) is 11.5 Å². The zero-order valence-electron chi connectivity index (χ0n) is 21.2. The smallest absolute Gasteiger partial charge is 0.493 e. The highest BCUT2D eigenvalue weighted by atomic mass is 19.4. The fourth-order valence-corrected chi connectivity index (χ4v) is 5.40. The molecule has 2 aliphatic heterocycles. The zero-order chi connectivity index (χ0) is 26.9. The number of aryl methyl sites for hydroxylation is 1. The minimum atomic E-state index is -5.18. The lowest BCUT2D eigenvalue weighted by molar-refractivity contribution is -0.233. The van der Waals surface area contributed by atoms with Crippen molar-refractivity contribution in [3.63, 3.8) is 0 Å². The minimum Gasteiger partial charge on any atom is -0.493 e. The van der Waals surface area contributed by atoms with Crippen LogP contribution in [0, 0.1) is 0 Å². The molecule has 0 spiro atoms. The number of carbonyl (C=O) groups excluding carboxylic acids is 2. The van der Waals surface area contributed by atoms with Gasteiger partial charge in [-0.25, -0.2) is 4.79 Å². The number of likely N-dealkylation sites (tertiary alicyclic amines) is 1. The van der Waals surface area contributed by atoms with Gasteiger partial charge in [-0.15, -0.1) is 0 Å². The quantitative estimate of drug-likeness (QED) is 0.486. The van der Waals surface area contributed by atoms with Crippen molar-refractivity contribution in [2.24, 2.45) is 0 Å². The van der Waals surface area contributed by atoms with E-state index in [-0.39, 0.29) is 13.0 Å². The van der Waals surface area contributed by atoms with E-state index in [0.29, 0.717) is 28.7 Å². The van der Waals surface area contributed by atoms with Crippen molar-refractivity contribution in [3.05, 3.63) is 23.4 Å². The second-order valence-electron chi connectivity index (χ2n) is 9.91. The number of hydrogen-bond acceptors (Lipinski definition) is 8. The summed E-state index contributed by atoms with van der Waals surface area (Å²) in [5.41, 5.74) is 3.42. The fourth-order valence-electron chi connectivity index (χ4n) is 5.40. The van der Waals surface area contributed by atoms with Crippen LogP contribution in [0.25, 0.3) is 10.9 Å². The summed E-state index contributed by atoms with van der Waals surface area (Å²) in [5.74, 6) is -1.97. The average molecular weight is 537 g/mol. The summed E-state index contributed by atoms with van der Waals surface area (Å²) in [4.78, 5) is 35.1. The molecule has 0 saturated carbocycles. The van der Waals surface area contributed by atoms with Crippen LogP contribution < -0.4 is 14.8 Å². The molecule has 1 atom stereocenters. The van der Waals surface area contributed by atoms with Crippen LogP contribution in [0.15, 0.2) is 12.1 Å². The molecule has 0 radical (unpaired) electrons. The molecule has 1 aromatic heterocycles. The molecule has 206 valence electrons. The summed E-state index contributed by atoms with van der Waals surface area (Å²) in [6, 6.07) is 3.15. The zero-order valence-corrected chi connectivity index (χ0v) is 21.2. The van der Waals surface area contributed by atoms with Gasteiger partial charge in [-0.1, -0.05) is 0 Å². The van der Waals surface area contributed by atoms with Gasteiger partial charge in [0.15, 0.2) is 11.5 Å². The van der Waals surface area contributed by atoms with Crippen LogP contribution in [-0.4, -0.2) is 78.9 Å². The van der Waals surface area contributed by atoms with Crippen LogP contribution in [0.1, 0.15) is 43.4 Å². The van der Waals surface area contributed by atoms with E-state index in [0.717, 1.165) is 67.6 Å². The maximum absolute atomic E-state index is 12.6. The number of benzene rings is 1. The Hall–Kier alpha value is -3.28. The lowest BCUT2D eigenvalue weighted by atomic mass is 10.0. The number of rotatable bonds is 9. The number of nitrogens with one attached hydrogen (secondary N) is 1. The van der Waals surface area contributed by atoms with Crippen molar-refractivity contribution in [2.75, 3.05) is 45.2 Å². The van der Waals surface area contributed by atoms with Gasteiger partial charge in [0.25, 0.3) is 5.91 Å². The van der Waals surface area contributed by atoms with E-state index in [1.165, 1.54) is 12.8 Å². The molecule has 2 fully saturated rings. The number of halogens is 3. The summed E-state index contributed by atoms with van der Waals surface area (Å²) in [7, 11) is 1.56. The van der Waals surface area contributed by atoms with E-state index in [4.69, 9.17) is 14.5 Å². The number of aromatic nitrogens is 1. The van der Waals surface area contributed by atoms with Gasteiger partial charge in [0.05, 0.1) is 38.2 Å².